The van der Waals surface area contributed by atoms with Gasteiger partial charge in [-0.05, 0) is 37.3 Å². The second kappa shape index (κ2) is 9.80. The topological polar surface area (TPSA) is 37.4 Å². The lowest BCUT2D eigenvalue weighted by Gasteiger charge is -2.21. The van der Waals surface area contributed by atoms with Gasteiger partial charge >= 0.3 is 0 Å². The zero-order valence-electron chi connectivity index (χ0n) is 14.7. The molecule has 142 valence electrons. The summed E-state index contributed by atoms with van der Waals surface area (Å²) in [5.74, 6) is -1.46. The third-order valence-electron chi connectivity index (χ3n) is 3.76. The highest BCUT2D eigenvalue weighted by Gasteiger charge is 2.17. The van der Waals surface area contributed by atoms with Gasteiger partial charge in [-0.3, -0.25) is 9.59 Å². The van der Waals surface area contributed by atoms with Crippen LogP contribution in [0.4, 0.5) is 8.78 Å². The Morgan fingerprint density at radius 3 is 2.56 bits per heavy atom. The molecule has 0 fully saturated rings. The molecule has 0 heterocycles. The van der Waals surface area contributed by atoms with Crippen molar-refractivity contribution in [2.24, 2.45) is 0 Å². The van der Waals surface area contributed by atoms with Crippen molar-refractivity contribution < 1.29 is 18.4 Å². The van der Waals surface area contributed by atoms with E-state index in [4.69, 9.17) is 0 Å². The molecule has 0 N–H and O–H groups in total. The highest BCUT2D eigenvalue weighted by molar-refractivity contribution is 9.10. The van der Waals surface area contributed by atoms with Crippen LogP contribution in [0.1, 0.15) is 22.8 Å². The maximum atomic E-state index is 14.1. The second-order valence-electron chi connectivity index (χ2n) is 5.79. The van der Waals surface area contributed by atoms with E-state index < -0.39 is 11.6 Å². The molecule has 0 radical (unpaired) electrons. The molecular formula is C20H18BrF2NO2S. The number of amides is 1. The monoisotopic (exact) mass is 453 g/mol. The predicted molar refractivity (Wildman–Crippen MR) is 107 cm³/mol. The lowest BCUT2D eigenvalue weighted by atomic mass is 10.1. The summed E-state index contributed by atoms with van der Waals surface area (Å²) in [6, 6.07) is 8.70. The Morgan fingerprint density at radius 1 is 1.19 bits per heavy atom. The summed E-state index contributed by atoms with van der Waals surface area (Å²) in [4.78, 5) is 25.6. The summed E-state index contributed by atoms with van der Waals surface area (Å²) in [5, 5.41) is 0. The number of thioether (sulfide) groups is 1. The van der Waals surface area contributed by atoms with Crippen LogP contribution in [0.25, 0.3) is 0 Å². The van der Waals surface area contributed by atoms with Crippen molar-refractivity contribution in [1.82, 2.24) is 4.90 Å². The highest BCUT2D eigenvalue weighted by Crippen LogP contribution is 2.24. The molecule has 0 aliphatic heterocycles. The molecule has 1 amide bonds. The molecule has 0 saturated carbocycles. The maximum Gasteiger partial charge on any atom is 0.233 e. The van der Waals surface area contributed by atoms with Gasteiger partial charge in [0.2, 0.25) is 5.91 Å². The van der Waals surface area contributed by atoms with Crippen LogP contribution in [-0.4, -0.2) is 28.9 Å². The molecule has 2 aromatic carbocycles. The fourth-order valence-electron chi connectivity index (χ4n) is 2.35. The number of rotatable bonds is 8. The first kappa shape index (κ1) is 21.3. The maximum absolute atomic E-state index is 14.1. The van der Waals surface area contributed by atoms with Crippen molar-refractivity contribution in [2.75, 3.05) is 12.3 Å². The van der Waals surface area contributed by atoms with Crippen molar-refractivity contribution in [3.05, 3.63) is 76.3 Å². The van der Waals surface area contributed by atoms with E-state index in [2.05, 4.69) is 22.5 Å². The van der Waals surface area contributed by atoms with Gasteiger partial charge < -0.3 is 4.90 Å². The third kappa shape index (κ3) is 6.01. The Kier molecular flexibility index (Phi) is 7.74. The van der Waals surface area contributed by atoms with Gasteiger partial charge in [-0.15, -0.1) is 18.3 Å². The van der Waals surface area contributed by atoms with Crippen LogP contribution < -0.4 is 0 Å². The molecule has 0 bridgehead atoms. The number of nitrogens with zero attached hydrogens (tertiary/aromatic N) is 1. The molecule has 0 spiro atoms. The second-order valence-corrected chi connectivity index (χ2v) is 7.72. The summed E-state index contributed by atoms with van der Waals surface area (Å²) in [6.07, 6.45) is 1.56. The average Bonchev–Trinajstić information content (AvgIpc) is 2.62. The van der Waals surface area contributed by atoms with Gasteiger partial charge in [0.15, 0.2) is 5.78 Å². The van der Waals surface area contributed by atoms with E-state index in [9.17, 15) is 18.4 Å². The molecular weight excluding hydrogens is 436 g/mol. The summed E-state index contributed by atoms with van der Waals surface area (Å²) < 4.78 is 28.8. The molecule has 27 heavy (non-hydrogen) atoms. The zero-order valence-corrected chi connectivity index (χ0v) is 17.1. The number of carbonyl (C=O) groups excluding carboxylic acids is 2. The van der Waals surface area contributed by atoms with Gasteiger partial charge in [0.25, 0.3) is 0 Å². The zero-order chi connectivity index (χ0) is 20.0. The number of Topliss-reactive ketones (excluding diaryl/α,β-unsaturated/α-hetero) is 1. The van der Waals surface area contributed by atoms with Crippen LogP contribution >= 0.6 is 27.7 Å². The fraction of sp³-hybridized carbons (Fsp3) is 0.200. The first-order chi connectivity index (χ1) is 12.8. The number of carbonyl (C=O) groups is 2. The number of ketones is 1. The summed E-state index contributed by atoms with van der Waals surface area (Å²) in [7, 11) is 0. The van der Waals surface area contributed by atoms with Gasteiger partial charge in [0.1, 0.15) is 11.6 Å². The molecule has 7 heteroatoms. The van der Waals surface area contributed by atoms with Crippen LogP contribution in [0.15, 0.2) is 58.4 Å². The molecule has 0 saturated heterocycles. The molecule has 0 aliphatic carbocycles. The van der Waals surface area contributed by atoms with Crippen molar-refractivity contribution in [3.63, 3.8) is 0 Å². The average molecular weight is 454 g/mol. The minimum Gasteiger partial charge on any atom is -0.334 e. The van der Waals surface area contributed by atoms with E-state index in [1.165, 1.54) is 30.0 Å². The summed E-state index contributed by atoms with van der Waals surface area (Å²) in [5.41, 5.74) is 0.656. The molecule has 0 unspecified atom stereocenters. The van der Waals surface area contributed by atoms with Crippen LogP contribution in [0.5, 0.6) is 0 Å². The minimum atomic E-state index is -0.547. The first-order valence-electron chi connectivity index (χ1n) is 8.07. The smallest absolute Gasteiger partial charge is 0.233 e. The fourth-order valence-corrected chi connectivity index (χ4v) is 3.58. The third-order valence-corrected chi connectivity index (χ3v) is 5.29. The quantitative estimate of drug-likeness (QED) is 0.311. The molecule has 3 nitrogen and oxygen atoms in total. The van der Waals surface area contributed by atoms with E-state index >= 15 is 0 Å². The van der Waals surface area contributed by atoms with Crippen molar-refractivity contribution in [2.45, 2.75) is 18.4 Å². The number of hydrogen-bond acceptors (Lipinski definition) is 3. The van der Waals surface area contributed by atoms with Gasteiger partial charge in [0.05, 0.1) is 5.75 Å². The van der Waals surface area contributed by atoms with Gasteiger partial charge in [-0.2, -0.15) is 0 Å². The lowest BCUT2D eigenvalue weighted by Crippen LogP contribution is -2.32. The van der Waals surface area contributed by atoms with Crippen LogP contribution in [0.3, 0.4) is 0 Å². The highest BCUT2D eigenvalue weighted by atomic mass is 79.9. The van der Waals surface area contributed by atoms with Crippen LogP contribution in [0.2, 0.25) is 0 Å². The minimum absolute atomic E-state index is 0.0141. The summed E-state index contributed by atoms with van der Waals surface area (Å²) >= 11 is 4.32. The van der Waals surface area contributed by atoms with E-state index in [1.54, 1.807) is 18.2 Å². The Balaban J connectivity index is 2.07. The predicted octanol–water partition coefficient (Wildman–Crippen LogP) is 5.24. The standard InChI is InChI=1S/C20H18BrF2NO2S/c1-3-8-24(11-15-9-16(21)5-6-17(15)22)20(26)12-27-19-7-4-14(13(2)25)10-18(19)23/h3-7,9-10H,1,8,11-12H2,2H3. The van der Waals surface area contributed by atoms with Crippen molar-refractivity contribution in [1.29, 1.82) is 0 Å². The van der Waals surface area contributed by atoms with Crippen molar-refractivity contribution in [3.8, 4) is 0 Å². The lowest BCUT2D eigenvalue weighted by molar-refractivity contribution is -0.128. The Bertz CT molecular complexity index is 873. The Morgan fingerprint density at radius 2 is 1.93 bits per heavy atom. The van der Waals surface area contributed by atoms with E-state index in [0.29, 0.717) is 10.0 Å². The Labute approximate surface area is 169 Å². The number of benzene rings is 2. The molecule has 0 aromatic heterocycles. The largest absolute Gasteiger partial charge is 0.334 e. The van der Waals surface area contributed by atoms with Crippen molar-refractivity contribution >= 4 is 39.4 Å². The molecule has 0 aliphatic rings. The van der Waals surface area contributed by atoms with Gasteiger partial charge in [-0.1, -0.05) is 28.1 Å². The van der Waals surface area contributed by atoms with Gasteiger partial charge in [-0.25, -0.2) is 8.78 Å². The van der Waals surface area contributed by atoms with E-state index in [1.807, 2.05) is 0 Å². The number of hydrogen-bond donors (Lipinski definition) is 0. The van der Waals surface area contributed by atoms with Gasteiger partial charge in [0, 0.05) is 33.6 Å². The van der Waals surface area contributed by atoms with Crippen LogP contribution in [-0.2, 0) is 11.3 Å². The van der Waals surface area contributed by atoms with E-state index in [-0.39, 0.29) is 41.0 Å². The molecule has 0 atom stereocenters. The van der Waals surface area contributed by atoms with Crippen LogP contribution in [0, 0.1) is 11.6 Å². The molecule has 2 aromatic rings. The normalized spacial score (nSPS) is 10.5. The molecule has 2 rings (SSSR count). The summed E-state index contributed by atoms with van der Waals surface area (Å²) in [6.45, 7) is 5.32. The van der Waals surface area contributed by atoms with E-state index in [0.717, 1.165) is 17.8 Å². The number of halogens is 3. The Hall–Kier alpha value is -1.99. The first-order valence-corrected chi connectivity index (χ1v) is 9.85. The SMILES string of the molecule is C=CCN(Cc1cc(Br)ccc1F)C(=O)CSc1ccc(C(C)=O)cc1F.